The molecule has 1 aliphatic heterocycles. The Hall–Kier alpha value is -3.10. The monoisotopic (exact) mass is 472 g/mol. The fraction of sp³-hybridized carbons (Fsp3) is 0.0500. The van der Waals surface area contributed by atoms with E-state index in [0.717, 1.165) is 10.0 Å². The number of nitrogens with one attached hydrogen (secondary N) is 2. The number of benzene rings is 2. The number of amides is 1. The molecule has 3 N–H and O–H groups in total. The molecule has 0 fully saturated rings. The average molecular weight is 474 g/mol. The van der Waals surface area contributed by atoms with Crippen molar-refractivity contribution >= 4 is 50.9 Å². The zero-order valence-corrected chi connectivity index (χ0v) is 17.1. The quantitative estimate of drug-likeness (QED) is 0.517. The molecular formula is C20H14BrClN4O3. The van der Waals surface area contributed by atoms with Crippen molar-refractivity contribution in [3.63, 3.8) is 0 Å². The van der Waals surface area contributed by atoms with E-state index in [0.29, 0.717) is 16.5 Å². The minimum absolute atomic E-state index is 0.0218. The molecule has 4 rings (SSSR count). The highest BCUT2D eigenvalue weighted by atomic mass is 79.9. The maximum absolute atomic E-state index is 12.8. The summed E-state index contributed by atoms with van der Waals surface area (Å²) in [5, 5.41) is 20.0. The van der Waals surface area contributed by atoms with Crippen molar-refractivity contribution in [2.45, 2.75) is 6.04 Å². The predicted octanol–water partition coefficient (Wildman–Crippen LogP) is 4.53. The maximum Gasteiger partial charge on any atom is 0.352 e. The molecule has 0 saturated carbocycles. The third-order valence-electron chi connectivity index (χ3n) is 4.43. The van der Waals surface area contributed by atoms with Gasteiger partial charge in [-0.25, -0.2) is 9.48 Å². The summed E-state index contributed by atoms with van der Waals surface area (Å²) in [6, 6.07) is 13.7. The summed E-state index contributed by atoms with van der Waals surface area (Å²) in [5.74, 6) is -1.23. The van der Waals surface area contributed by atoms with Gasteiger partial charge in [-0.05, 0) is 48.0 Å². The number of carbonyl (C=O) groups is 2. The van der Waals surface area contributed by atoms with Crippen LogP contribution in [0.3, 0.4) is 0 Å². The van der Waals surface area contributed by atoms with Crippen molar-refractivity contribution in [3.8, 4) is 0 Å². The molecule has 0 radical (unpaired) electrons. The lowest BCUT2D eigenvalue weighted by Gasteiger charge is -2.24. The Morgan fingerprint density at radius 1 is 1.14 bits per heavy atom. The number of allylic oxidation sites excluding steroid dienone is 1. The normalized spacial score (nSPS) is 15.1. The van der Waals surface area contributed by atoms with Crippen molar-refractivity contribution in [2.24, 2.45) is 0 Å². The van der Waals surface area contributed by atoms with Gasteiger partial charge in [0, 0.05) is 15.2 Å². The smallest absolute Gasteiger partial charge is 0.352 e. The van der Waals surface area contributed by atoms with Crippen LogP contribution in [0.4, 0.5) is 11.5 Å². The fourth-order valence-corrected chi connectivity index (χ4v) is 3.41. The Balaban J connectivity index is 1.70. The van der Waals surface area contributed by atoms with Crippen molar-refractivity contribution in [2.75, 3.05) is 10.6 Å². The maximum atomic E-state index is 12.8. The molecule has 1 aromatic heterocycles. The van der Waals surface area contributed by atoms with Crippen LogP contribution >= 0.6 is 27.5 Å². The summed E-state index contributed by atoms with van der Waals surface area (Å²) >= 11 is 9.26. The van der Waals surface area contributed by atoms with Gasteiger partial charge in [0.25, 0.3) is 5.91 Å². The standard InChI is InChI=1S/C20H14BrClN4O3/c21-12-3-1-11(2-4-12)17-9-16(20(28)29)25-18-15(10-23-26(17)18)19(27)24-14-7-5-13(22)6-8-14/h1-10,17,25H,(H,24,27)(H,28,29)/t17-/m1/s1. The van der Waals surface area contributed by atoms with Gasteiger partial charge in [0.05, 0.1) is 12.2 Å². The summed E-state index contributed by atoms with van der Waals surface area (Å²) in [7, 11) is 0. The molecule has 0 spiro atoms. The van der Waals surface area contributed by atoms with Crippen LogP contribution in [0.15, 0.2) is 71.0 Å². The van der Waals surface area contributed by atoms with Gasteiger partial charge < -0.3 is 15.7 Å². The average Bonchev–Trinajstić information content (AvgIpc) is 3.14. The molecule has 0 aliphatic carbocycles. The second-order valence-electron chi connectivity index (χ2n) is 6.32. The number of fused-ring (bicyclic) bond motifs is 1. The Kier molecular flexibility index (Phi) is 5.12. The zero-order chi connectivity index (χ0) is 20.5. The van der Waals surface area contributed by atoms with Crippen molar-refractivity contribution < 1.29 is 14.7 Å². The van der Waals surface area contributed by atoms with Crippen LogP contribution in [0, 0.1) is 0 Å². The Morgan fingerprint density at radius 3 is 2.48 bits per heavy atom. The fourth-order valence-electron chi connectivity index (χ4n) is 3.02. The summed E-state index contributed by atoms with van der Waals surface area (Å²) in [6.45, 7) is 0. The molecule has 1 amide bonds. The highest BCUT2D eigenvalue weighted by Crippen LogP contribution is 2.33. The molecule has 1 aliphatic rings. The Morgan fingerprint density at radius 2 is 1.83 bits per heavy atom. The molecule has 0 bridgehead atoms. The predicted molar refractivity (Wildman–Crippen MR) is 113 cm³/mol. The number of hydrogen-bond donors (Lipinski definition) is 3. The number of carboxylic acid groups (broad SMARTS) is 1. The van der Waals surface area contributed by atoms with Gasteiger partial charge in [0.2, 0.25) is 0 Å². The van der Waals surface area contributed by atoms with E-state index in [-0.39, 0.29) is 11.3 Å². The topological polar surface area (TPSA) is 96.2 Å². The van der Waals surface area contributed by atoms with Crippen LogP contribution in [0.2, 0.25) is 5.02 Å². The number of anilines is 2. The van der Waals surface area contributed by atoms with Crippen LogP contribution in [0.5, 0.6) is 0 Å². The molecule has 9 heteroatoms. The lowest BCUT2D eigenvalue weighted by Crippen LogP contribution is -2.25. The molecule has 1 atom stereocenters. The van der Waals surface area contributed by atoms with Crippen LogP contribution in [-0.2, 0) is 4.79 Å². The SMILES string of the molecule is O=C(O)C1=C[C@H](c2ccc(Br)cc2)n2ncc(C(=O)Nc3ccc(Cl)cc3)c2N1. The highest BCUT2D eigenvalue weighted by molar-refractivity contribution is 9.10. The molecule has 2 heterocycles. The van der Waals surface area contributed by atoms with E-state index in [9.17, 15) is 14.7 Å². The second-order valence-corrected chi connectivity index (χ2v) is 7.67. The van der Waals surface area contributed by atoms with E-state index in [1.165, 1.54) is 6.20 Å². The van der Waals surface area contributed by atoms with E-state index >= 15 is 0 Å². The number of carboxylic acids is 1. The van der Waals surface area contributed by atoms with E-state index in [2.05, 4.69) is 31.7 Å². The van der Waals surface area contributed by atoms with Crippen LogP contribution in [0.25, 0.3) is 0 Å². The number of aliphatic carboxylic acids is 1. The second kappa shape index (κ2) is 7.73. The summed E-state index contributed by atoms with van der Waals surface area (Å²) in [5.41, 5.74) is 1.61. The summed E-state index contributed by atoms with van der Waals surface area (Å²) < 4.78 is 2.49. The molecule has 29 heavy (non-hydrogen) atoms. The van der Waals surface area contributed by atoms with Gasteiger partial charge in [-0.1, -0.05) is 39.7 Å². The summed E-state index contributed by atoms with van der Waals surface area (Å²) in [6.07, 6.45) is 2.98. The third kappa shape index (κ3) is 3.90. The van der Waals surface area contributed by atoms with Gasteiger partial charge >= 0.3 is 5.97 Å². The van der Waals surface area contributed by atoms with Crippen LogP contribution in [0.1, 0.15) is 22.0 Å². The first kappa shape index (κ1) is 19.2. The molecule has 146 valence electrons. The van der Waals surface area contributed by atoms with Gasteiger partial charge in [-0.2, -0.15) is 5.10 Å². The highest BCUT2D eigenvalue weighted by Gasteiger charge is 2.29. The molecule has 2 aromatic carbocycles. The van der Waals surface area contributed by atoms with Crippen LogP contribution < -0.4 is 10.6 Å². The molecular weight excluding hydrogens is 460 g/mol. The minimum Gasteiger partial charge on any atom is -0.477 e. The number of carbonyl (C=O) groups excluding carboxylic acids is 1. The number of rotatable bonds is 4. The third-order valence-corrected chi connectivity index (χ3v) is 5.21. The lowest BCUT2D eigenvalue weighted by molar-refractivity contribution is -0.132. The van der Waals surface area contributed by atoms with E-state index < -0.39 is 17.9 Å². The Labute approximate surface area is 179 Å². The summed E-state index contributed by atoms with van der Waals surface area (Å²) in [4.78, 5) is 24.4. The zero-order valence-electron chi connectivity index (χ0n) is 14.8. The van der Waals surface area contributed by atoms with E-state index in [4.69, 9.17) is 11.6 Å². The lowest BCUT2D eigenvalue weighted by atomic mass is 10.0. The van der Waals surface area contributed by atoms with E-state index in [1.807, 2.05) is 24.3 Å². The molecule has 7 nitrogen and oxygen atoms in total. The van der Waals surface area contributed by atoms with Gasteiger partial charge in [-0.3, -0.25) is 4.79 Å². The first-order valence-electron chi connectivity index (χ1n) is 8.54. The number of nitrogens with zero attached hydrogens (tertiary/aromatic N) is 2. The molecule has 0 saturated heterocycles. The minimum atomic E-state index is -1.12. The van der Waals surface area contributed by atoms with Gasteiger partial charge in [-0.15, -0.1) is 0 Å². The number of aromatic nitrogens is 2. The van der Waals surface area contributed by atoms with Crippen LogP contribution in [-0.4, -0.2) is 26.8 Å². The Bertz CT molecular complexity index is 1120. The molecule has 3 aromatic rings. The number of hydrogen-bond acceptors (Lipinski definition) is 4. The first-order chi connectivity index (χ1) is 13.9. The van der Waals surface area contributed by atoms with Gasteiger partial charge in [0.1, 0.15) is 17.1 Å². The van der Waals surface area contributed by atoms with Crippen molar-refractivity contribution in [1.82, 2.24) is 9.78 Å². The first-order valence-corrected chi connectivity index (χ1v) is 9.71. The van der Waals surface area contributed by atoms with Crippen molar-refractivity contribution in [1.29, 1.82) is 0 Å². The molecule has 0 unspecified atom stereocenters. The number of halogens is 2. The van der Waals surface area contributed by atoms with Crippen molar-refractivity contribution in [3.05, 3.63) is 87.1 Å². The van der Waals surface area contributed by atoms with Gasteiger partial charge in [0.15, 0.2) is 0 Å². The van der Waals surface area contributed by atoms with E-state index in [1.54, 1.807) is 35.0 Å². The largest absolute Gasteiger partial charge is 0.477 e.